The quantitative estimate of drug-likeness (QED) is 0.791. The van der Waals surface area contributed by atoms with Gasteiger partial charge >= 0.3 is 0 Å². The first-order valence-corrected chi connectivity index (χ1v) is 7.46. The van der Waals surface area contributed by atoms with E-state index in [0.29, 0.717) is 12.2 Å². The third kappa shape index (κ3) is 5.35. The molecule has 1 aliphatic heterocycles. The first-order valence-electron chi connectivity index (χ1n) is 7.46. The summed E-state index contributed by atoms with van der Waals surface area (Å²) in [6.07, 6.45) is 3.89. The Balaban J connectivity index is 0.00000242. The molecule has 1 aromatic rings. The van der Waals surface area contributed by atoms with Crippen LogP contribution in [-0.2, 0) is 0 Å². The Hall–Kier alpha value is -1.52. The Bertz CT molecular complexity index is 482. The number of hydrogen-bond acceptors (Lipinski definition) is 3. The van der Waals surface area contributed by atoms with Crippen molar-refractivity contribution in [2.24, 2.45) is 5.41 Å². The molecule has 0 spiro atoms. The molecule has 22 heavy (non-hydrogen) atoms. The van der Waals surface area contributed by atoms with Crippen LogP contribution in [0.1, 0.15) is 30.1 Å². The maximum atomic E-state index is 12.2. The monoisotopic (exact) mass is 324 g/mol. The number of nitrogens with one attached hydrogen (secondary N) is 2. The molecule has 5 heteroatoms. The molecular weight excluding hydrogens is 300 g/mol. The molecule has 0 aromatic heterocycles. The summed E-state index contributed by atoms with van der Waals surface area (Å²) in [5.74, 6) is 0.724. The second kappa shape index (κ2) is 8.81. The summed E-state index contributed by atoms with van der Waals surface area (Å²) in [4.78, 5) is 12.2. The molecule has 0 radical (unpaired) electrons. The Morgan fingerprint density at radius 2 is 2.00 bits per heavy atom. The molecule has 1 fully saturated rings. The summed E-state index contributed by atoms with van der Waals surface area (Å²) >= 11 is 0. The fourth-order valence-electron chi connectivity index (χ4n) is 2.46. The van der Waals surface area contributed by atoms with Crippen molar-refractivity contribution in [3.63, 3.8) is 0 Å². The largest absolute Gasteiger partial charge is 0.490 e. The number of halogens is 1. The van der Waals surface area contributed by atoms with Crippen LogP contribution in [0.3, 0.4) is 0 Å². The molecule has 1 aromatic carbocycles. The van der Waals surface area contributed by atoms with E-state index in [0.717, 1.165) is 38.2 Å². The molecule has 0 bridgehead atoms. The normalized spacial score (nSPS) is 16.2. The molecule has 2 N–H and O–H groups in total. The second-order valence-corrected chi connectivity index (χ2v) is 5.87. The molecule has 122 valence electrons. The highest BCUT2D eigenvalue weighted by Gasteiger charge is 2.27. The van der Waals surface area contributed by atoms with Gasteiger partial charge in [-0.15, -0.1) is 12.4 Å². The summed E-state index contributed by atoms with van der Waals surface area (Å²) in [5.41, 5.74) is 0.868. The van der Waals surface area contributed by atoms with Crippen LogP contribution in [0.5, 0.6) is 5.75 Å². The number of piperidine rings is 1. The van der Waals surface area contributed by atoms with Crippen molar-refractivity contribution in [2.75, 3.05) is 26.2 Å². The van der Waals surface area contributed by atoms with Crippen LogP contribution in [0.15, 0.2) is 36.9 Å². The van der Waals surface area contributed by atoms with Crippen molar-refractivity contribution in [1.29, 1.82) is 0 Å². The van der Waals surface area contributed by atoms with Crippen molar-refractivity contribution in [3.8, 4) is 5.75 Å². The van der Waals surface area contributed by atoms with Crippen LogP contribution in [-0.4, -0.2) is 32.1 Å². The first kappa shape index (κ1) is 18.5. The maximum absolute atomic E-state index is 12.2. The highest BCUT2D eigenvalue weighted by atomic mass is 35.5. The lowest BCUT2D eigenvalue weighted by Gasteiger charge is -2.34. The minimum Gasteiger partial charge on any atom is -0.490 e. The summed E-state index contributed by atoms with van der Waals surface area (Å²) < 4.78 is 5.40. The average molecular weight is 325 g/mol. The zero-order chi connectivity index (χ0) is 15.1. The minimum atomic E-state index is -0.0231. The van der Waals surface area contributed by atoms with Gasteiger partial charge in [-0.1, -0.05) is 19.6 Å². The average Bonchev–Trinajstić information content (AvgIpc) is 2.52. The summed E-state index contributed by atoms with van der Waals surface area (Å²) in [6, 6.07) is 7.20. The number of hydrogen-bond donors (Lipinski definition) is 2. The Kier molecular flexibility index (Phi) is 7.42. The lowest BCUT2D eigenvalue weighted by molar-refractivity contribution is 0.0922. The molecule has 0 atom stereocenters. The number of carbonyl (C=O) groups excluding carboxylic acids is 1. The van der Waals surface area contributed by atoms with Gasteiger partial charge in [0.1, 0.15) is 12.4 Å². The molecule has 1 amide bonds. The SMILES string of the molecule is C=CCOc1ccc(C(=O)NCC2(C)CCNCC2)cc1.Cl. The van der Waals surface area contributed by atoms with Crippen LogP contribution in [0.2, 0.25) is 0 Å². The van der Waals surface area contributed by atoms with E-state index >= 15 is 0 Å². The van der Waals surface area contributed by atoms with Crippen LogP contribution < -0.4 is 15.4 Å². The van der Waals surface area contributed by atoms with Crippen molar-refractivity contribution in [3.05, 3.63) is 42.5 Å². The number of rotatable bonds is 6. The van der Waals surface area contributed by atoms with E-state index < -0.39 is 0 Å². The van der Waals surface area contributed by atoms with E-state index in [-0.39, 0.29) is 23.7 Å². The smallest absolute Gasteiger partial charge is 0.251 e. The number of carbonyl (C=O) groups is 1. The van der Waals surface area contributed by atoms with E-state index in [4.69, 9.17) is 4.74 Å². The van der Waals surface area contributed by atoms with Crippen molar-refractivity contribution >= 4 is 18.3 Å². The van der Waals surface area contributed by atoms with Gasteiger partial charge in [0.2, 0.25) is 0 Å². The maximum Gasteiger partial charge on any atom is 0.251 e. The number of amides is 1. The molecule has 0 unspecified atom stereocenters. The van der Waals surface area contributed by atoms with E-state index in [1.54, 1.807) is 18.2 Å². The summed E-state index contributed by atoms with van der Waals surface area (Å²) in [5, 5.41) is 6.40. The van der Waals surface area contributed by atoms with Gasteiger partial charge in [-0.3, -0.25) is 4.79 Å². The van der Waals surface area contributed by atoms with Crippen molar-refractivity contribution in [1.82, 2.24) is 10.6 Å². The highest BCUT2D eigenvalue weighted by molar-refractivity contribution is 5.94. The highest BCUT2D eigenvalue weighted by Crippen LogP contribution is 2.26. The summed E-state index contributed by atoms with van der Waals surface area (Å²) in [7, 11) is 0. The van der Waals surface area contributed by atoms with Crippen LogP contribution in [0, 0.1) is 5.41 Å². The fraction of sp³-hybridized carbons (Fsp3) is 0.471. The number of ether oxygens (including phenoxy) is 1. The minimum absolute atomic E-state index is 0. The molecule has 0 saturated carbocycles. The molecule has 1 aliphatic rings. The van der Waals surface area contributed by atoms with Gasteiger partial charge in [0.15, 0.2) is 0 Å². The number of benzene rings is 1. The Morgan fingerprint density at radius 1 is 1.36 bits per heavy atom. The lowest BCUT2D eigenvalue weighted by Crippen LogP contribution is -2.42. The third-order valence-corrected chi connectivity index (χ3v) is 3.97. The van der Waals surface area contributed by atoms with Crippen molar-refractivity contribution in [2.45, 2.75) is 19.8 Å². The summed E-state index contributed by atoms with van der Waals surface area (Å²) in [6.45, 7) is 9.09. The van der Waals surface area contributed by atoms with Gasteiger partial charge in [0.05, 0.1) is 0 Å². The Morgan fingerprint density at radius 3 is 2.59 bits per heavy atom. The first-order chi connectivity index (χ1) is 10.1. The van der Waals surface area contributed by atoms with Crippen molar-refractivity contribution < 1.29 is 9.53 Å². The fourth-order valence-corrected chi connectivity index (χ4v) is 2.46. The van der Waals surface area contributed by atoms with Gasteiger partial charge < -0.3 is 15.4 Å². The van der Waals surface area contributed by atoms with Crippen LogP contribution in [0.4, 0.5) is 0 Å². The van der Waals surface area contributed by atoms with Gasteiger partial charge in [0.25, 0.3) is 5.91 Å². The predicted octanol–water partition coefficient (Wildman–Crippen LogP) is 2.79. The van der Waals surface area contributed by atoms with Gasteiger partial charge in [-0.25, -0.2) is 0 Å². The van der Waals surface area contributed by atoms with E-state index in [1.165, 1.54) is 0 Å². The van der Waals surface area contributed by atoms with E-state index in [9.17, 15) is 4.79 Å². The molecule has 1 heterocycles. The zero-order valence-electron chi connectivity index (χ0n) is 13.1. The second-order valence-electron chi connectivity index (χ2n) is 5.87. The molecule has 1 saturated heterocycles. The van der Waals surface area contributed by atoms with Crippen LogP contribution in [0.25, 0.3) is 0 Å². The van der Waals surface area contributed by atoms with E-state index in [1.807, 2.05) is 12.1 Å². The predicted molar refractivity (Wildman–Crippen MR) is 91.9 cm³/mol. The van der Waals surface area contributed by atoms with E-state index in [2.05, 4.69) is 24.1 Å². The molecule has 4 nitrogen and oxygen atoms in total. The standard InChI is InChI=1S/C17H24N2O2.ClH/c1-3-12-21-15-6-4-14(5-7-15)16(20)19-13-17(2)8-10-18-11-9-17;/h3-7,18H,1,8-13H2,2H3,(H,19,20);1H. The molecular formula is C17H25ClN2O2. The zero-order valence-corrected chi connectivity index (χ0v) is 13.9. The molecule has 2 rings (SSSR count). The van der Waals surface area contributed by atoms with Gasteiger partial charge in [0, 0.05) is 12.1 Å². The third-order valence-electron chi connectivity index (χ3n) is 3.97. The molecule has 0 aliphatic carbocycles. The van der Waals surface area contributed by atoms with Gasteiger partial charge in [-0.2, -0.15) is 0 Å². The lowest BCUT2D eigenvalue weighted by atomic mass is 9.81. The van der Waals surface area contributed by atoms with Crippen LogP contribution >= 0.6 is 12.4 Å². The Labute approximate surface area is 138 Å². The topological polar surface area (TPSA) is 50.4 Å². The van der Waals surface area contributed by atoms with Gasteiger partial charge in [-0.05, 0) is 55.6 Å².